The van der Waals surface area contributed by atoms with Crippen LogP contribution in [0.1, 0.15) is 24.0 Å². The number of anilines is 1. The Labute approximate surface area is 147 Å². The fourth-order valence-electron chi connectivity index (χ4n) is 3.71. The van der Waals surface area contributed by atoms with Crippen molar-refractivity contribution in [2.24, 2.45) is 5.92 Å². The zero-order chi connectivity index (χ0) is 16.4. The third-order valence-electron chi connectivity index (χ3n) is 5.02. The van der Waals surface area contributed by atoms with Crippen LogP contribution in [-0.4, -0.2) is 11.5 Å². The summed E-state index contributed by atoms with van der Waals surface area (Å²) in [5, 5.41) is 5.46. The Balaban J connectivity index is 1.40. The second kappa shape index (κ2) is 6.82. The Hall–Kier alpha value is -2.06. The molecule has 0 bridgehead atoms. The van der Waals surface area contributed by atoms with Crippen molar-refractivity contribution in [3.8, 4) is 0 Å². The summed E-state index contributed by atoms with van der Waals surface area (Å²) < 4.78 is 0. The molecule has 4 rings (SSSR count). The summed E-state index contributed by atoms with van der Waals surface area (Å²) >= 11 is 6.06. The molecule has 1 aliphatic rings. The van der Waals surface area contributed by atoms with Crippen molar-refractivity contribution < 1.29 is 0 Å². The summed E-state index contributed by atoms with van der Waals surface area (Å²) in [6, 6.07) is 16.8. The van der Waals surface area contributed by atoms with Gasteiger partial charge in [0, 0.05) is 28.8 Å². The van der Waals surface area contributed by atoms with Crippen LogP contribution in [0.15, 0.2) is 54.7 Å². The molecule has 2 nitrogen and oxygen atoms in total. The average Bonchev–Trinajstić information content (AvgIpc) is 2.61. The van der Waals surface area contributed by atoms with E-state index in [1.54, 1.807) is 5.56 Å². The lowest BCUT2D eigenvalue weighted by atomic mass is 9.82. The average molecular weight is 337 g/mol. The molecule has 24 heavy (non-hydrogen) atoms. The van der Waals surface area contributed by atoms with E-state index >= 15 is 0 Å². The first-order valence-electron chi connectivity index (χ1n) is 8.64. The summed E-state index contributed by atoms with van der Waals surface area (Å²) in [4.78, 5) is 4.40. The smallest absolute Gasteiger partial charge is 0.0737 e. The van der Waals surface area contributed by atoms with E-state index in [1.807, 2.05) is 30.5 Å². The van der Waals surface area contributed by atoms with Crippen molar-refractivity contribution in [2.75, 3.05) is 11.9 Å². The number of halogens is 1. The van der Waals surface area contributed by atoms with Crippen LogP contribution < -0.4 is 5.32 Å². The van der Waals surface area contributed by atoms with Crippen LogP contribution in [0.3, 0.4) is 0 Å². The topological polar surface area (TPSA) is 24.9 Å². The van der Waals surface area contributed by atoms with Gasteiger partial charge in [0.15, 0.2) is 0 Å². The molecule has 1 aliphatic carbocycles. The van der Waals surface area contributed by atoms with E-state index in [0.29, 0.717) is 0 Å². The van der Waals surface area contributed by atoms with Gasteiger partial charge in [0.05, 0.1) is 5.52 Å². The molecule has 0 fully saturated rings. The first-order valence-corrected chi connectivity index (χ1v) is 9.02. The van der Waals surface area contributed by atoms with Gasteiger partial charge in [-0.1, -0.05) is 35.9 Å². The maximum atomic E-state index is 6.06. The summed E-state index contributed by atoms with van der Waals surface area (Å²) in [7, 11) is 0. The summed E-state index contributed by atoms with van der Waals surface area (Å²) in [5.41, 5.74) is 5.17. The van der Waals surface area contributed by atoms with Crippen molar-refractivity contribution in [1.29, 1.82) is 0 Å². The van der Waals surface area contributed by atoms with Crippen molar-refractivity contribution in [2.45, 2.75) is 25.7 Å². The van der Waals surface area contributed by atoms with Crippen molar-refractivity contribution in [3.63, 3.8) is 0 Å². The highest BCUT2D eigenvalue weighted by Gasteiger charge is 2.17. The number of nitrogens with zero attached hydrogens (tertiary/aromatic N) is 1. The molecule has 0 saturated heterocycles. The molecule has 0 saturated carbocycles. The van der Waals surface area contributed by atoms with Crippen LogP contribution in [0.2, 0.25) is 5.02 Å². The summed E-state index contributed by atoms with van der Waals surface area (Å²) in [5.74, 6) is 0.773. The molecule has 1 N–H and O–H groups in total. The fourth-order valence-corrected chi connectivity index (χ4v) is 3.87. The highest BCUT2D eigenvalue weighted by molar-refractivity contribution is 6.31. The molecule has 0 amide bonds. The Morgan fingerprint density at radius 1 is 1.08 bits per heavy atom. The van der Waals surface area contributed by atoms with E-state index in [2.05, 4.69) is 34.6 Å². The number of rotatable bonds is 4. The number of hydrogen-bond donors (Lipinski definition) is 1. The largest absolute Gasteiger partial charge is 0.384 e. The maximum Gasteiger partial charge on any atom is 0.0737 e. The van der Waals surface area contributed by atoms with Gasteiger partial charge in [-0.05, 0) is 67.0 Å². The van der Waals surface area contributed by atoms with Gasteiger partial charge in [0.2, 0.25) is 0 Å². The number of hydrogen-bond acceptors (Lipinski definition) is 2. The molecule has 1 atom stereocenters. The van der Waals surface area contributed by atoms with Gasteiger partial charge in [0.25, 0.3) is 0 Å². The minimum atomic E-state index is 0.730. The van der Waals surface area contributed by atoms with Crippen LogP contribution in [0.25, 0.3) is 10.9 Å². The number of aryl methyl sites for hydroxylation is 1. The molecular formula is C21H21ClN2. The second-order valence-electron chi connectivity index (χ2n) is 6.61. The van der Waals surface area contributed by atoms with E-state index in [9.17, 15) is 0 Å². The molecule has 1 unspecified atom stereocenters. The monoisotopic (exact) mass is 336 g/mol. The van der Waals surface area contributed by atoms with E-state index in [4.69, 9.17) is 11.6 Å². The van der Waals surface area contributed by atoms with Crippen LogP contribution in [0.4, 0.5) is 5.69 Å². The molecule has 1 aromatic heterocycles. The van der Waals surface area contributed by atoms with Crippen molar-refractivity contribution in [1.82, 2.24) is 4.98 Å². The van der Waals surface area contributed by atoms with Crippen LogP contribution in [-0.2, 0) is 12.8 Å². The quantitative estimate of drug-likeness (QED) is 0.681. The van der Waals surface area contributed by atoms with E-state index in [-0.39, 0.29) is 0 Å². The number of aromatic nitrogens is 1. The third kappa shape index (κ3) is 3.25. The van der Waals surface area contributed by atoms with Crippen molar-refractivity contribution >= 4 is 28.2 Å². The number of pyridine rings is 1. The van der Waals surface area contributed by atoms with Gasteiger partial charge in [0.1, 0.15) is 0 Å². The number of benzene rings is 2. The molecule has 3 heteroatoms. The predicted molar refractivity (Wildman–Crippen MR) is 102 cm³/mol. The van der Waals surface area contributed by atoms with Crippen LogP contribution in [0, 0.1) is 5.92 Å². The zero-order valence-corrected chi connectivity index (χ0v) is 14.4. The summed E-state index contributed by atoms with van der Waals surface area (Å²) in [6.45, 7) is 0.995. The Morgan fingerprint density at radius 3 is 2.88 bits per heavy atom. The van der Waals surface area contributed by atoms with E-state index in [1.165, 1.54) is 31.2 Å². The molecule has 1 heterocycles. The van der Waals surface area contributed by atoms with Gasteiger partial charge < -0.3 is 5.32 Å². The fraction of sp³-hybridized carbons (Fsp3) is 0.286. The SMILES string of the molecule is Clc1ccc2c(NCCC3CCc4ccccc4C3)ccnc2c1. The third-order valence-corrected chi connectivity index (χ3v) is 5.26. The summed E-state index contributed by atoms with van der Waals surface area (Å²) in [6.07, 6.45) is 6.77. The number of nitrogens with one attached hydrogen (secondary N) is 1. The minimum absolute atomic E-state index is 0.730. The zero-order valence-electron chi connectivity index (χ0n) is 13.6. The Morgan fingerprint density at radius 2 is 1.96 bits per heavy atom. The molecule has 0 aliphatic heterocycles. The molecule has 0 spiro atoms. The molecular weight excluding hydrogens is 316 g/mol. The predicted octanol–water partition coefficient (Wildman–Crippen LogP) is 5.50. The van der Waals surface area contributed by atoms with Crippen LogP contribution in [0.5, 0.6) is 0 Å². The first-order chi connectivity index (χ1) is 11.8. The van der Waals surface area contributed by atoms with Crippen LogP contribution >= 0.6 is 11.6 Å². The second-order valence-corrected chi connectivity index (χ2v) is 7.05. The Kier molecular flexibility index (Phi) is 4.40. The molecule has 0 radical (unpaired) electrons. The van der Waals surface area contributed by atoms with Gasteiger partial charge in [-0.15, -0.1) is 0 Å². The van der Waals surface area contributed by atoms with Crippen molar-refractivity contribution in [3.05, 3.63) is 70.9 Å². The van der Waals surface area contributed by atoms with E-state index < -0.39 is 0 Å². The standard InChI is InChI=1S/C21H21ClN2/c22-18-7-8-19-20(10-12-24-21(19)14-18)23-11-9-15-5-6-16-3-1-2-4-17(16)13-15/h1-4,7-8,10,12,14-15H,5-6,9,11,13H2,(H,23,24). The minimum Gasteiger partial charge on any atom is -0.384 e. The highest BCUT2D eigenvalue weighted by Crippen LogP contribution is 2.28. The lowest BCUT2D eigenvalue weighted by Crippen LogP contribution is -2.17. The van der Waals surface area contributed by atoms with E-state index in [0.717, 1.165) is 34.1 Å². The van der Waals surface area contributed by atoms with Gasteiger partial charge >= 0.3 is 0 Å². The first kappa shape index (κ1) is 15.5. The molecule has 2 aromatic carbocycles. The van der Waals surface area contributed by atoms with Gasteiger partial charge in [-0.25, -0.2) is 0 Å². The Bertz CT molecular complexity index is 859. The van der Waals surface area contributed by atoms with Gasteiger partial charge in [-0.2, -0.15) is 0 Å². The lowest BCUT2D eigenvalue weighted by molar-refractivity contribution is 0.437. The molecule has 122 valence electrons. The molecule has 3 aromatic rings. The number of fused-ring (bicyclic) bond motifs is 2. The maximum absolute atomic E-state index is 6.06. The highest BCUT2D eigenvalue weighted by atomic mass is 35.5. The lowest BCUT2D eigenvalue weighted by Gasteiger charge is -2.24. The normalized spacial score (nSPS) is 16.8. The van der Waals surface area contributed by atoms with Gasteiger partial charge in [-0.3, -0.25) is 4.98 Å².